The highest BCUT2D eigenvalue weighted by molar-refractivity contribution is 6.07. The fourth-order valence-electron chi connectivity index (χ4n) is 8.11. The maximum Gasteiger partial charge on any atom is 0.323 e. The molecule has 1 aliphatic carbocycles. The van der Waals surface area contributed by atoms with Gasteiger partial charge in [-0.1, -0.05) is 36.4 Å². The van der Waals surface area contributed by atoms with Gasteiger partial charge in [0.15, 0.2) is 19.0 Å². The Bertz CT molecular complexity index is 2850. The number of amides is 1. The number of carboxylic acids is 4. The topological polar surface area (TPSA) is 225 Å². The average Bonchev–Trinajstić information content (AvgIpc) is 3.22. The Morgan fingerprint density at radius 2 is 1.46 bits per heavy atom. The highest BCUT2D eigenvalue weighted by Gasteiger charge is 2.38. The van der Waals surface area contributed by atoms with Gasteiger partial charge in [0.25, 0.3) is 0 Å². The molecule has 0 unspecified atom stereocenters. The van der Waals surface area contributed by atoms with Crippen molar-refractivity contribution in [3.8, 4) is 33.9 Å². The monoisotopic (exact) mass is 883 g/mol. The van der Waals surface area contributed by atoms with Crippen LogP contribution in [0, 0.1) is 5.92 Å². The first kappa shape index (κ1) is 43.6. The first-order chi connectivity index (χ1) is 31.3. The van der Waals surface area contributed by atoms with E-state index in [2.05, 4.69) is 10.2 Å². The first-order valence-electron chi connectivity index (χ1n) is 20.9. The van der Waals surface area contributed by atoms with Crippen molar-refractivity contribution in [2.24, 2.45) is 5.92 Å². The summed E-state index contributed by atoms with van der Waals surface area (Å²) in [7, 11) is 1.59. The van der Waals surface area contributed by atoms with Gasteiger partial charge in [-0.25, -0.2) is 4.58 Å². The van der Waals surface area contributed by atoms with Gasteiger partial charge in [0.1, 0.15) is 55.7 Å². The van der Waals surface area contributed by atoms with E-state index < -0.39 is 37.0 Å². The molecule has 4 aromatic carbocycles. The maximum absolute atomic E-state index is 13.6. The lowest BCUT2D eigenvalue weighted by Crippen LogP contribution is -2.53. The number of anilines is 4. The number of nitrogens with one attached hydrogen (secondary N) is 1. The van der Waals surface area contributed by atoms with E-state index in [9.17, 15) is 44.4 Å². The molecular weight excluding hydrogens is 839 g/mol. The molecule has 4 aliphatic rings. The summed E-state index contributed by atoms with van der Waals surface area (Å²) in [4.78, 5) is 65.3. The van der Waals surface area contributed by atoms with Crippen LogP contribution in [0.5, 0.6) is 11.5 Å². The zero-order valence-corrected chi connectivity index (χ0v) is 35.3. The summed E-state index contributed by atoms with van der Waals surface area (Å²) in [6, 6.07) is 29.8. The first-order valence-corrected chi connectivity index (χ1v) is 20.9. The van der Waals surface area contributed by atoms with E-state index in [1.165, 1.54) is 11.0 Å². The minimum absolute atomic E-state index is 0.0477. The summed E-state index contributed by atoms with van der Waals surface area (Å²) >= 11 is 0. The SMILES string of the molecule is CN(CC(=O)O)c1ccc(NC(=O)C2C[N+](=c3ccc4c(-c5ccccc5C(=O)[O-])c5ccc(N6CCC6)cc5oc-4c3)C2)cc1OCCOc1ccccc1N(CC(=O)O)CC(=O)O. The quantitative estimate of drug-likeness (QED) is 0.0548. The minimum atomic E-state index is -1.28. The summed E-state index contributed by atoms with van der Waals surface area (Å²) in [6.07, 6.45) is 1.11. The van der Waals surface area contributed by atoms with Crippen molar-refractivity contribution < 1.29 is 58.3 Å². The van der Waals surface area contributed by atoms with E-state index in [4.69, 9.17) is 13.9 Å². The third-order valence-electron chi connectivity index (χ3n) is 11.4. The fourth-order valence-corrected chi connectivity index (χ4v) is 8.11. The largest absolute Gasteiger partial charge is 0.545 e. The Morgan fingerprint density at radius 1 is 0.769 bits per heavy atom. The zero-order chi connectivity index (χ0) is 45.8. The molecule has 0 bridgehead atoms. The van der Waals surface area contributed by atoms with E-state index in [1.54, 1.807) is 67.7 Å². The Balaban J connectivity index is 0.997. The molecule has 17 nitrogen and oxygen atoms in total. The summed E-state index contributed by atoms with van der Waals surface area (Å²) in [5, 5.41) is 45.0. The smallest absolute Gasteiger partial charge is 0.323 e. The van der Waals surface area contributed by atoms with Crippen LogP contribution in [-0.2, 0) is 19.2 Å². The molecule has 334 valence electrons. The van der Waals surface area contributed by atoms with Gasteiger partial charge in [0.2, 0.25) is 11.3 Å². The third-order valence-corrected chi connectivity index (χ3v) is 11.4. The number of ether oxygens (including phenoxy) is 2. The number of hydrogen-bond donors (Lipinski definition) is 4. The molecule has 0 saturated carbocycles. The van der Waals surface area contributed by atoms with Crippen LogP contribution in [0.25, 0.3) is 33.4 Å². The van der Waals surface area contributed by atoms with Crippen molar-refractivity contribution in [3.05, 3.63) is 114 Å². The number of likely N-dealkylation sites (N-methyl/N-ethyl adjacent to an activating group) is 1. The number of aliphatic carboxylic acids is 3. The number of carboxylic acid groups (broad SMARTS) is 4. The molecule has 4 aromatic rings. The molecule has 17 heteroatoms. The number of rotatable bonds is 18. The molecule has 4 N–H and O–H groups in total. The van der Waals surface area contributed by atoms with E-state index in [0.29, 0.717) is 41.4 Å². The number of carbonyl (C=O) groups excluding carboxylic acids is 2. The molecule has 0 radical (unpaired) electrons. The van der Waals surface area contributed by atoms with Gasteiger partial charge in [-0.2, -0.15) is 0 Å². The zero-order valence-electron chi connectivity index (χ0n) is 35.3. The molecule has 3 aliphatic heterocycles. The normalized spacial score (nSPS) is 14.3. The Morgan fingerprint density at radius 3 is 2.15 bits per heavy atom. The number of carbonyl (C=O) groups is 5. The van der Waals surface area contributed by atoms with Gasteiger partial charge >= 0.3 is 17.9 Å². The third kappa shape index (κ3) is 9.63. The van der Waals surface area contributed by atoms with Crippen LogP contribution in [0.3, 0.4) is 0 Å². The minimum Gasteiger partial charge on any atom is -0.545 e. The van der Waals surface area contributed by atoms with Crippen LogP contribution < -0.4 is 44.5 Å². The molecule has 2 saturated heterocycles. The molecule has 2 fully saturated rings. The lowest BCUT2D eigenvalue weighted by Gasteiger charge is -2.33. The number of fused-ring (bicyclic) bond motifs is 2. The van der Waals surface area contributed by atoms with E-state index in [1.807, 2.05) is 41.0 Å². The van der Waals surface area contributed by atoms with E-state index in [0.717, 1.165) is 52.0 Å². The second kappa shape index (κ2) is 18.7. The van der Waals surface area contributed by atoms with Crippen LogP contribution in [0.4, 0.5) is 22.7 Å². The van der Waals surface area contributed by atoms with Gasteiger partial charge in [-0.3, -0.25) is 19.2 Å². The standard InChI is InChI=1S/C48H45N5O12/c1-50(26-43(54)55)37-16-11-30(21-42(37)64-20-19-63-39-10-5-4-9-38(39)53(27-44(56)57)28-45(58)59)49-47(60)29-24-52(25-29)32-13-15-36-41(23-32)65-40-22-31(51-17-6-18-51)12-14-35(40)46(36)33-7-2-3-8-34(33)48(61)62/h2-5,7-16,21-23,29H,6,17-20,24-28H2,1H3,(H4-,49,54,55,56,57,58,59,60,61,62). The number of nitrogens with zero attached hydrogens (tertiary/aromatic N) is 4. The number of hydrogen-bond acceptors (Lipinski definition) is 12. The fraction of sp³-hybridized carbons (Fsp3) is 0.250. The van der Waals surface area contributed by atoms with Crippen molar-refractivity contribution in [2.75, 3.05) is 86.1 Å². The molecular formula is C48H45N5O12. The lowest BCUT2D eigenvalue weighted by molar-refractivity contribution is -0.255. The van der Waals surface area contributed by atoms with Crippen LogP contribution in [0.1, 0.15) is 16.8 Å². The molecule has 3 heterocycles. The molecule has 8 rings (SSSR count). The average molecular weight is 884 g/mol. The Labute approximate surface area is 371 Å². The number of aromatic carboxylic acids is 1. The number of para-hydroxylation sites is 2. The summed E-state index contributed by atoms with van der Waals surface area (Å²) < 4.78 is 20.6. The predicted octanol–water partition coefficient (Wildman–Crippen LogP) is 3.77. The molecule has 0 spiro atoms. The van der Waals surface area contributed by atoms with Gasteiger partial charge in [-0.15, -0.1) is 0 Å². The lowest BCUT2D eigenvalue weighted by atomic mass is 9.90. The van der Waals surface area contributed by atoms with Gasteiger partial charge < -0.3 is 59.1 Å². The van der Waals surface area contributed by atoms with Gasteiger partial charge in [-0.05, 0) is 54.4 Å². The van der Waals surface area contributed by atoms with Crippen molar-refractivity contribution in [2.45, 2.75) is 6.42 Å². The molecule has 0 atom stereocenters. The summed E-state index contributed by atoms with van der Waals surface area (Å²) in [6.45, 7) is 1.14. The second-order valence-electron chi connectivity index (χ2n) is 15.8. The maximum atomic E-state index is 13.6. The van der Waals surface area contributed by atoms with Crippen molar-refractivity contribution >= 4 is 63.5 Å². The Kier molecular flexibility index (Phi) is 12.5. The molecule has 65 heavy (non-hydrogen) atoms. The summed E-state index contributed by atoms with van der Waals surface area (Å²) in [5.74, 6) is -4.32. The predicted molar refractivity (Wildman–Crippen MR) is 239 cm³/mol. The van der Waals surface area contributed by atoms with Crippen molar-refractivity contribution in [1.82, 2.24) is 4.58 Å². The van der Waals surface area contributed by atoms with Gasteiger partial charge in [0.05, 0.1) is 23.4 Å². The Hall–Kier alpha value is -8.08. The van der Waals surface area contributed by atoms with Crippen LogP contribution in [0.15, 0.2) is 108 Å². The van der Waals surface area contributed by atoms with Crippen molar-refractivity contribution in [3.63, 3.8) is 0 Å². The summed E-state index contributed by atoms with van der Waals surface area (Å²) in [5.41, 5.74) is 4.80. The van der Waals surface area contributed by atoms with Crippen molar-refractivity contribution in [1.29, 1.82) is 0 Å². The van der Waals surface area contributed by atoms with E-state index >= 15 is 0 Å². The second-order valence-corrected chi connectivity index (χ2v) is 15.8. The molecule has 1 amide bonds. The van der Waals surface area contributed by atoms with Crippen LogP contribution in [0.2, 0.25) is 0 Å². The molecule has 0 aromatic heterocycles. The highest BCUT2D eigenvalue weighted by Crippen LogP contribution is 2.42. The number of benzene rings is 5. The van der Waals surface area contributed by atoms with Crippen LogP contribution in [-0.4, -0.2) is 111 Å². The highest BCUT2D eigenvalue weighted by atomic mass is 16.5. The van der Waals surface area contributed by atoms with Crippen LogP contribution >= 0.6 is 0 Å². The van der Waals surface area contributed by atoms with Gasteiger partial charge in [0, 0.05) is 71.8 Å². The van der Waals surface area contributed by atoms with E-state index in [-0.39, 0.29) is 54.3 Å².